The normalized spacial score (nSPS) is 11.1. The van der Waals surface area contributed by atoms with Crippen molar-refractivity contribution >= 4 is 33.3 Å². The molecule has 0 spiro atoms. The summed E-state index contributed by atoms with van der Waals surface area (Å²) in [4.78, 5) is 11.1. The van der Waals surface area contributed by atoms with Crippen molar-refractivity contribution in [3.8, 4) is 0 Å². The van der Waals surface area contributed by atoms with Crippen LogP contribution >= 0.6 is 11.6 Å². The van der Waals surface area contributed by atoms with Gasteiger partial charge >= 0.3 is 5.97 Å². The second-order valence-corrected chi connectivity index (χ2v) is 6.10. The van der Waals surface area contributed by atoms with Crippen LogP contribution in [-0.2, 0) is 26.1 Å². The third kappa shape index (κ3) is 3.73. The number of ether oxygens (including phenoxy) is 1. The number of nitrogens with one attached hydrogen (secondary N) is 1. The van der Waals surface area contributed by atoms with Crippen molar-refractivity contribution in [3.63, 3.8) is 0 Å². The fourth-order valence-corrected chi connectivity index (χ4v) is 3.12. The van der Waals surface area contributed by atoms with Gasteiger partial charge in [-0.2, -0.15) is 5.10 Å². The molecule has 1 aromatic heterocycles. The van der Waals surface area contributed by atoms with Gasteiger partial charge in [0.05, 0.1) is 24.0 Å². The molecule has 0 saturated carbocycles. The standard InChI is InChI=1S/C12H12ClN3O4S/c1-20-12(17)8-16-7-9(6-14-16)15-21(18,19)11-5-3-2-4-10(11)13/h2-7,15H,8H2,1H3. The van der Waals surface area contributed by atoms with E-state index < -0.39 is 16.0 Å². The van der Waals surface area contributed by atoms with Gasteiger partial charge in [-0.15, -0.1) is 0 Å². The highest BCUT2D eigenvalue weighted by Gasteiger charge is 2.18. The minimum Gasteiger partial charge on any atom is -0.468 e. The van der Waals surface area contributed by atoms with Gasteiger partial charge < -0.3 is 4.74 Å². The molecule has 0 amide bonds. The SMILES string of the molecule is COC(=O)Cn1cc(NS(=O)(=O)c2ccccc2Cl)cn1. The van der Waals surface area contributed by atoms with Crippen LogP contribution in [0.15, 0.2) is 41.6 Å². The van der Waals surface area contributed by atoms with Crippen molar-refractivity contribution in [3.05, 3.63) is 41.7 Å². The van der Waals surface area contributed by atoms with E-state index in [4.69, 9.17) is 11.6 Å². The number of hydrogen-bond donors (Lipinski definition) is 1. The van der Waals surface area contributed by atoms with Crippen molar-refractivity contribution in [2.75, 3.05) is 11.8 Å². The summed E-state index contributed by atoms with van der Waals surface area (Å²) in [6.07, 6.45) is 2.67. The smallest absolute Gasteiger partial charge is 0.327 e. The monoisotopic (exact) mass is 329 g/mol. The van der Waals surface area contributed by atoms with Gasteiger partial charge in [0.2, 0.25) is 0 Å². The van der Waals surface area contributed by atoms with E-state index in [9.17, 15) is 13.2 Å². The number of carbonyl (C=O) groups is 1. The predicted molar refractivity (Wildman–Crippen MR) is 76.5 cm³/mol. The topological polar surface area (TPSA) is 90.3 Å². The molecule has 2 rings (SSSR count). The van der Waals surface area contributed by atoms with Crippen LogP contribution in [-0.4, -0.2) is 31.3 Å². The largest absolute Gasteiger partial charge is 0.468 e. The molecule has 21 heavy (non-hydrogen) atoms. The molecule has 0 aliphatic heterocycles. The number of methoxy groups -OCH3 is 1. The number of carbonyl (C=O) groups excluding carboxylic acids is 1. The lowest BCUT2D eigenvalue weighted by Gasteiger charge is -2.07. The maximum atomic E-state index is 12.2. The van der Waals surface area contributed by atoms with Crippen LogP contribution in [0.5, 0.6) is 0 Å². The average Bonchev–Trinajstić information content (AvgIpc) is 2.85. The number of nitrogens with zero attached hydrogens (tertiary/aromatic N) is 2. The van der Waals surface area contributed by atoms with Crippen LogP contribution in [0.4, 0.5) is 5.69 Å². The highest BCUT2D eigenvalue weighted by Crippen LogP contribution is 2.22. The average molecular weight is 330 g/mol. The molecule has 112 valence electrons. The second kappa shape index (κ2) is 6.15. The van der Waals surface area contributed by atoms with Crippen LogP contribution in [0.3, 0.4) is 0 Å². The Balaban J connectivity index is 2.18. The third-order valence-corrected chi connectivity index (χ3v) is 4.41. The van der Waals surface area contributed by atoms with E-state index in [-0.39, 0.29) is 22.2 Å². The van der Waals surface area contributed by atoms with E-state index in [1.807, 2.05) is 0 Å². The highest BCUT2D eigenvalue weighted by atomic mass is 35.5. The molecule has 7 nitrogen and oxygen atoms in total. The van der Waals surface area contributed by atoms with E-state index >= 15 is 0 Å². The van der Waals surface area contributed by atoms with E-state index in [0.717, 1.165) is 0 Å². The number of anilines is 1. The minimum atomic E-state index is -3.82. The van der Waals surface area contributed by atoms with Crippen molar-refractivity contribution in [1.82, 2.24) is 9.78 Å². The fourth-order valence-electron chi connectivity index (χ4n) is 1.57. The van der Waals surface area contributed by atoms with Gasteiger partial charge in [-0.1, -0.05) is 23.7 Å². The first kappa shape index (κ1) is 15.3. The van der Waals surface area contributed by atoms with Gasteiger partial charge in [0.1, 0.15) is 11.4 Å². The maximum Gasteiger partial charge on any atom is 0.327 e. The summed E-state index contributed by atoms with van der Waals surface area (Å²) in [5, 5.41) is 3.98. The molecule has 9 heteroatoms. The first-order valence-corrected chi connectivity index (χ1v) is 7.65. The Morgan fingerprint density at radius 2 is 2.14 bits per heavy atom. The minimum absolute atomic E-state index is 0.0348. The van der Waals surface area contributed by atoms with Crippen LogP contribution in [0, 0.1) is 0 Å². The Bertz CT molecular complexity index is 757. The van der Waals surface area contributed by atoms with Gasteiger partial charge in [0.25, 0.3) is 10.0 Å². The summed E-state index contributed by atoms with van der Waals surface area (Å²) in [5.74, 6) is -0.487. The van der Waals surface area contributed by atoms with Crippen molar-refractivity contribution in [2.45, 2.75) is 11.4 Å². The summed E-state index contributed by atoms with van der Waals surface area (Å²) in [7, 11) is -2.56. The number of rotatable bonds is 5. The maximum absolute atomic E-state index is 12.2. The molecule has 1 aromatic carbocycles. The highest BCUT2D eigenvalue weighted by molar-refractivity contribution is 7.92. The molecule has 0 unspecified atom stereocenters. The first-order valence-electron chi connectivity index (χ1n) is 5.79. The Morgan fingerprint density at radius 1 is 1.43 bits per heavy atom. The zero-order valence-electron chi connectivity index (χ0n) is 11.0. The van der Waals surface area contributed by atoms with Crippen LogP contribution in [0.25, 0.3) is 0 Å². The summed E-state index contributed by atoms with van der Waals surface area (Å²) in [6, 6.07) is 6.08. The lowest BCUT2D eigenvalue weighted by Crippen LogP contribution is -2.13. The Morgan fingerprint density at radius 3 is 2.81 bits per heavy atom. The summed E-state index contributed by atoms with van der Waals surface area (Å²) < 4.78 is 32.5. The Labute approximate surface area is 126 Å². The molecule has 0 radical (unpaired) electrons. The summed E-state index contributed by atoms with van der Waals surface area (Å²) >= 11 is 5.87. The number of esters is 1. The van der Waals surface area contributed by atoms with Crippen molar-refractivity contribution in [2.24, 2.45) is 0 Å². The van der Waals surface area contributed by atoms with Gasteiger partial charge in [-0.05, 0) is 12.1 Å². The van der Waals surface area contributed by atoms with Crippen LogP contribution in [0.2, 0.25) is 5.02 Å². The molecular weight excluding hydrogens is 318 g/mol. The number of aromatic nitrogens is 2. The zero-order valence-corrected chi connectivity index (χ0v) is 12.6. The van der Waals surface area contributed by atoms with E-state index in [2.05, 4.69) is 14.6 Å². The van der Waals surface area contributed by atoms with Gasteiger partial charge in [-0.25, -0.2) is 8.42 Å². The molecule has 0 fully saturated rings. The van der Waals surface area contributed by atoms with Gasteiger partial charge in [0, 0.05) is 6.20 Å². The summed E-state index contributed by atoms with van der Waals surface area (Å²) in [5.41, 5.74) is 0.221. The third-order valence-electron chi connectivity index (χ3n) is 2.53. The van der Waals surface area contributed by atoms with Gasteiger partial charge in [0.15, 0.2) is 0 Å². The van der Waals surface area contributed by atoms with E-state index in [0.29, 0.717) is 0 Å². The van der Waals surface area contributed by atoms with E-state index in [1.165, 1.54) is 36.3 Å². The lowest BCUT2D eigenvalue weighted by atomic mass is 10.4. The fraction of sp³-hybridized carbons (Fsp3) is 0.167. The number of benzene rings is 1. The first-order chi connectivity index (χ1) is 9.92. The molecule has 0 aliphatic carbocycles. The molecule has 0 atom stereocenters. The molecule has 0 bridgehead atoms. The Hall–Kier alpha value is -2.06. The van der Waals surface area contributed by atoms with Crippen LogP contribution in [0.1, 0.15) is 0 Å². The predicted octanol–water partition coefficient (Wildman–Crippen LogP) is 1.51. The number of halogens is 1. The summed E-state index contributed by atoms with van der Waals surface area (Å²) in [6.45, 7) is -0.107. The molecule has 1 N–H and O–H groups in total. The molecule has 0 aliphatic rings. The lowest BCUT2D eigenvalue weighted by molar-refractivity contribution is -0.141. The van der Waals surface area contributed by atoms with Gasteiger partial charge in [-0.3, -0.25) is 14.2 Å². The van der Waals surface area contributed by atoms with Crippen LogP contribution < -0.4 is 4.72 Å². The second-order valence-electron chi connectivity index (χ2n) is 4.04. The Kier molecular flexibility index (Phi) is 4.49. The molecule has 0 saturated heterocycles. The number of hydrogen-bond acceptors (Lipinski definition) is 5. The van der Waals surface area contributed by atoms with Crippen molar-refractivity contribution < 1.29 is 17.9 Å². The number of sulfonamides is 1. The van der Waals surface area contributed by atoms with Crippen molar-refractivity contribution in [1.29, 1.82) is 0 Å². The quantitative estimate of drug-likeness (QED) is 0.840. The van der Waals surface area contributed by atoms with E-state index in [1.54, 1.807) is 12.1 Å². The zero-order chi connectivity index (χ0) is 15.5. The molecule has 1 heterocycles. The molecule has 2 aromatic rings. The molecular formula is C12H12ClN3O4S.